The number of likely N-dealkylation sites (tertiary alicyclic amines) is 1. The second-order valence-corrected chi connectivity index (χ2v) is 9.47. The highest BCUT2D eigenvalue weighted by atomic mass is 32.1. The van der Waals surface area contributed by atoms with Gasteiger partial charge in [-0.25, -0.2) is 9.78 Å². The SMILES string of the molecule is COC(=O)c1ccc(-c2nc(CN3CCC(CN(C)Cc4ccccc4)CC3)cs2)cc1. The normalized spacial score (nSPS) is 15.2. The summed E-state index contributed by atoms with van der Waals surface area (Å²) in [4.78, 5) is 21.4. The number of methoxy groups -OCH3 is 1. The minimum Gasteiger partial charge on any atom is -0.465 e. The van der Waals surface area contributed by atoms with Crippen LogP contribution in [0.15, 0.2) is 60.0 Å². The molecule has 4 rings (SSSR count). The lowest BCUT2D eigenvalue weighted by molar-refractivity contribution is 0.0601. The summed E-state index contributed by atoms with van der Waals surface area (Å²) in [6, 6.07) is 18.2. The number of carbonyl (C=O) groups excluding carboxylic acids is 1. The van der Waals surface area contributed by atoms with E-state index in [2.05, 4.69) is 52.6 Å². The lowest BCUT2D eigenvalue weighted by Gasteiger charge is -2.33. The van der Waals surface area contributed by atoms with E-state index in [1.165, 1.54) is 25.5 Å². The monoisotopic (exact) mass is 449 g/mol. The molecule has 1 aliphatic rings. The number of aromatic nitrogens is 1. The zero-order valence-corrected chi connectivity index (χ0v) is 19.7. The molecular weight excluding hydrogens is 418 g/mol. The van der Waals surface area contributed by atoms with Crippen molar-refractivity contribution in [3.8, 4) is 10.6 Å². The van der Waals surface area contributed by atoms with E-state index in [9.17, 15) is 4.79 Å². The van der Waals surface area contributed by atoms with Crippen molar-refractivity contribution in [2.75, 3.05) is 33.8 Å². The molecule has 0 N–H and O–H groups in total. The molecule has 32 heavy (non-hydrogen) atoms. The predicted octanol–water partition coefficient (Wildman–Crippen LogP) is 4.94. The van der Waals surface area contributed by atoms with Crippen LogP contribution in [0.3, 0.4) is 0 Å². The highest BCUT2D eigenvalue weighted by molar-refractivity contribution is 7.13. The van der Waals surface area contributed by atoms with Crippen molar-refractivity contribution in [2.45, 2.75) is 25.9 Å². The van der Waals surface area contributed by atoms with Crippen LogP contribution in [0.1, 0.15) is 34.5 Å². The Hall–Kier alpha value is -2.54. The molecule has 0 aliphatic carbocycles. The molecule has 1 aromatic heterocycles. The molecule has 0 saturated carbocycles. The molecule has 0 radical (unpaired) electrons. The number of carbonyl (C=O) groups is 1. The van der Waals surface area contributed by atoms with Gasteiger partial charge >= 0.3 is 5.97 Å². The van der Waals surface area contributed by atoms with Crippen LogP contribution < -0.4 is 0 Å². The Morgan fingerprint density at radius 1 is 1.12 bits per heavy atom. The van der Waals surface area contributed by atoms with Crippen LogP contribution >= 0.6 is 11.3 Å². The first kappa shape index (κ1) is 22.6. The van der Waals surface area contributed by atoms with Gasteiger partial charge in [0.15, 0.2) is 0 Å². The Kier molecular flexibility index (Phi) is 7.68. The van der Waals surface area contributed by atoms with Crippen LogP contribution in [-0.4, -0.2) is 54.5 Å². The fraction of sp³-hybridized carbons (Fsp3) is 0.385. The van der Waals surface area contributed by atoms with E-state index in [1.54, 1.807) is 23.5 Å². The first-order chi connectivity index (χ1) is 15.6. The molecule has 0 amide bonds. The molecule has 0 bridgehead atoms. The topological polar surface area (TPSA) is 45.7 Å². The molecule has 5 nitrogen and oxygen atoms in total. The van der Waals surface area contributed by atoms with Crippen LogP contribution in [0, 0.1) is 5.92 Å². The summed E-state index contributed by atoms with van der Waals surface area (Å²) in [5, 5.41) is 3.15. The first-order valence-electron chi connectivity index (χ1n) is 11.2. The zero-order valence-electron chi connectivity index (χ0n) is 18.9. The van der Waals surface area contributed by atoms with Gasteiger partial charge in [-0.2, -0.15) is 0 Å². The number of rotatable bonds is 8. The maximum Gasteiger partial charge on any atom is 0.337 e. The molecule has 0 unspecified atom stereocenters. The van der Waals surface area contributed by atoms with Gasteiger partial charge < -0.3 is 9.64 Å². The summed E-state index contributed by atoms with van der Waals surface area (Å²) in [5.74, 6) is 0.449. The molecule has 168 valence electrons. The molecule has 1 fully saturated rings. The van der Waals surface area contributed by atoms with Gasteiger partial charge in [-0.3, -0.25) is 4.90 Å². The average Bonchev–Trinajstić information content (AvgIpc) is 3.29. The van der Waals surface area contributed by atoms with Crippen LogP contribution in [0.5, 0.6) is 0 Å². The summed E-state index contributed by atoms with van der Waals surface area (Å²) in [6.45, 7) is 5.34. The van der Waals surface area contributed by atoms with Crippen molar-refractivity contribution in [1.29, 1.82) is 0 Å². The Bertz CT molecular complexity index is 995. The van der Waals surface area contributed by atoms with Gasteiger partial charge in [0.05, 0.1) is 18.4 Å². The van der Waals surface area contributed by atoms with Gasteiger partial charge in [0.2, 0.25) is 0 Å². The van der Waals surface area contributed by atoms with E-state index in [0.717, 1.165) is 54.9 Å². The van der Waals surface area contributed by atoms with Crippen LogP contribution in [0.25, 0.3) is 10.6 Å². The molecule has 1 aliphatic heterocycles. The number of thiazole rings is 1. The van der Waals surface area contributed by atoms with Gasteiger partial charge in [0.25, 0.3) is 0 Å². The van der Waals surface area contributed by atoms with E-state index in [0.29, 0.717) is 5.56 Å². The predicted molar refractivity (Wildman–Crippen MR) is 130 cm³/mol. The summed E-state index contributed by atoms with van der Waals surface area (Å²) < 4.78 is 4.77. The van der Waals surface area contributed by atoms with E-state index in [4.69, 9.17) is 9.72 Å². The second kappa shape index (κ2) is 10.9. The molecule has 2 heterocycles. The lowest BCUT2D eigenvalue weighted by Crippen LogP contribution is -2.37. The Balaban J connectivity index is 1.24. The Morgan fingerprint density at radius 2 is 1.84 bits per heavy atom. The van der Waals surface area contributed by atoms with Gasteiger partial charge in [0, 0.05) is 30.6 Å². The quantitative estimate of drug-likeness (QED) is 0.456. The number of piperidine rings is 1. The highest BCUT2D eigenvalue weighted by Crippen LogP contribution is 2.26. The summed E-state index contributed by atoms with van der Waals surface area (Å²) >= 11 is 1.66. The molecule has 6 heteroatoms. The molecule has 2 aromatic carbocycles. The average molecular weight is 450 g/mol. The smallest absolute Gasteiger partial charge is 0.337 e. The van der Waals surface area contributed by atoms with Crippen molar-refractivity contribution < 1.29 is 9.53 Å². The van der Waals surface area contributed by atoms with Crippen molar-refractivity contribution >= 4 is 17.3 Å². The van der Waals surface area contributed by atoms with E-state index in [1.807, 2.05) is 12.1 Å². The fourth-order valence-corrected chi connectivity index (χ4v) is 5.15. The largest absolute Gasteiger partial charge is 0.465 e. The van der Waals surface area contributed by atoms with Gasteiger partial charge in [-0.15, -0.1) is 11.3 Å². The summed E-state index contributed by atoms with van der Waals surface area (Å²) in [6.07, 6.45) is 2.48. The van der Waals surface area contributed by atoms with Gasteiger partial charge in [-0.1, -0.05) is 42.5 Å². The fourth-order valence-electron chi connectivity index (χ4n) is 4.34. The number of ether oxygens (including phenoxy) is 1. The van der Waals surface area contributed by atoms with Crippen LogP contribution in [-0.2, 0) is 17.8 Å². The number of benzene rings is 2. The highest BCUT2D eigenvalue weighted by Gasteiger charge is 2.21. The number of esters is 1. The van der Waals surface area contributed by atoms with Crippen molar-refractivity contribution in [3.63, 3.8) is 0 Å². The minimum atomic E-state index is -0.314. The van der Waals surface area contributed by atoms with Crippen LogP contribution in [0.2, 0.25) is 0 Å². The van der Waals surface area contributed by atoms with Crippen molar-refractivity contribution in [1.82, 2.24) is 14.8 Å². The Morgan fingerprint density at radius 3 is 2.53 bits per heavy atom. The third-order valence-corrected chi connectivity index (χ3v) is 7.00. The molecule has 0 spiro atoms. The molecular formula is C26H31N3O2S. The first-order valence-corrected chi connectivity index (χ1v) is 12.1. The number of nitrogens with zero attached hydrogens (tertiary/aromatic N) is 3. The van der Waals surface area contributed by atoms with E-state index < -0.39 is 0 Å². The second-order valence-electron chi connectivity index (χ2n) is 8.61. The maximum absolute atomic E-state index is 11.6. The van der Waals surface area contributed by atoms with E-state index in [-0.39, 0.29) is 5.97 Å². The number of hydrogen-bond acceptors (Lipinski definition) is 6. The summed E-state index contributed by atoms with van der Waals surface area (Å²) in [5.41, 5.74) is 4.10. The number of hydrogen-bond donors (Lipinski definition) is 0. The van der Waals surface area contributed by atoms with Gasteiger partial charge in [0.1, 0.15) is 5.01 Å². The molecule has 0 atom stereocenters. The third kappa shape index (κ3) is 6.03. The minimum absolute atomic E-state index is 0.314. The van der Waals surface area contributed by atoms with Crippen molar-refractivity contribution in [3.05, 3.63) is 76.8 Å². The molecule has 3 aromatic rings. The maximum atomic E-state index is 11.6. The Labute approximate surface area is 194 Å². The van der Waals surface area contributed by atoms with Gasteiger partial charge in [-0.05, 0) is 56.6 Å². The zero-order chi connectivity index (χ0) is 22.3. The lowest BCUT2D eigenvalue weighted by atomic mass is 9.96. The summed E-state index contributed by atoms with van der Waals surface area (Å²) in [7, 11) is 3.63. The van der Waals surface area contributed by atoms with Crippen LogP contribution in [0.4, 0.5) is 0 Å². The van der Waals surface area contributed by atoms with E-state index >= 15 is 0 Å². The standard InChI is InChI=1S/C26H31N3O2S/c1-28(16-20-6-4-3-5-7-20)17-21-12-14-29(15-13-21)18-24-19-32-25(27-24)22-8-10-23(11-9-22)26(30)31-2/h3-11,19,21H,12-18H2,1-2H3. The van der Waals surface area contributed by atoms with Crippen molar-refractivity contribution in [2.24, 2.45) is 5.92 Å². The third-order valence-electron chi connectivity index (χ3n) is 6.06. The molecule has 1 saturated heterocycles.